The van der Waals surface area contributed by atoms with E-state index in [-0.39, 0.29) is 5.82 Å². The van der Waals surface area contributed by atoms with Gasteiger partial charge in [-0.05, 0) is 41.5 Å². The third-order valence-electron chi connectivity index (χ3n) is 6.49. The molecule has 6 aromatic rings. The lowest BCUT2D eigenvalue weighted by Crippen LogP contribution is -2.29. The maximum absolute atomic E-state index is 15.2. The van der Waals surface area contributed by atoms with Crippen molar-refractivity contribution in [3.63, 3.8) is 0 Å². The van der Waals surface area contributed by atoms with E-state index < -0.39 is 0 Å². The summed E-state index contributed by atoms with van der Waals surface area (Å²) >= 11 is 0. The Hall–Kier alpha value is -3.20. The number of pyridine rings is 2. The number of nitrogens with zero attached hydrogens (tertiary/aromatic N) is 2. The molecule has 0 saturated carbocycles. The first kappa shape index (κ1) is 16.7. The molecule has 0 amide bonds. The van der Waals surface area contributed by atoms with Crippen LogP contribution in [0.2, 0.25) is 0 Å². The topological polar surface area (TPSA) is 8.29 Å². The fourth-order valence-electron chi connectivity index (χ4n) is 5.07. The standard InChI is InChI=1S/C26H22FN2/c1-14(2)17-12-16-10-11-28(4)26-22-15(3)8-9-19-18-6-5-7-20(27)24(18)29(25(19)22)21(13-17)23(16)26/h5-14H,1-4H3/q+1. The normalized spacial score (nSPS) is 12.6. The molecule has 0 saturated heterocycles. The highest BCUT2D eigenvalue weighted by Crippen LogP contribution is 2.41. The van der Waals surface area contributed by atoms with Crippen molar-refractivity contribution in [2.24, 2.45) is 7.05 Å². The van der Waals surface area contributed by atoms with E-state index in [1.165, 1.54) is 32.8 Å². The van der Waals surface area contributed by atoms with Gasteiger partial charge in [0.25, 0.3) is 0 Å². The number of benzene rings is 3. The van der Waals surface area contributed by atoms with E-state index >= 15 is 4.39 Å². The summed E-state index contributed by atoms with van der Waals surface area (Å²) in [6.07, 6.45) is 2.14. The first-order valence-corrected chi connectivity index (χ1v) is 10.2. The van der Waals surface area contributed by atoms with Gasteiger partial charge >= 0.3 is 0 Å². The molecule has 0 fully saturated rings. The number of hydrogen-bond donors (Lipinski definition) is 0. The zero-order chi connectivity index (χ0) is 20.0. The van der Waals surface area contributed by atoms with Crippen LogP contribution in [-0.4, -0.2) is 4.40 Å². The Kier molecular flexibility index (Phi) is 3.14. The van der Waals surface area contributed by atoms with Gasteiger partial charge < -0.3 is 4.40 Å². The molecule has 0 atom stereocenters. The number of para-hydroxylation sites is 1. The minimum Gasteiger partial charge on any atom is -0.305 e. The van der Waals surface area contributed by atoms with Crippen molar-refractivity contribution < 1.29 is 8.96 Å². The quantitative estimate of drug-likeness (QED) is 0.177. The van der Waals surface area contributed by atoms with E-state index in [1.54, 1.807) is 6.07 Å². The lowest BCUT2D eigenvalue weighted by molar-refractivity contribution is -0.643. The van der Waals surface area contributed by atoms with Crippen LogP contribution < -0.4 is 4.57 Å². The van der Waals surface area contributed by atoms with Crippen LogP contribution in [0, 0.1) is 12.7 Å². The van der Waals surface area contributed by atoms with Crippen LogP contribution in [0.25, 0.3) is 49.0 Å². The van der Waals surface area contributed by atoms with Crippen molar-refractivity contribution in [3.8, 4) is 0 Å². The van der Waals surface area contributed by atoms with Crippen LogP contribution >= 0.6 is 0 Å². The van der Waals surface area contributed by atoms with Gasteiger partial charge in [0.15, 0.2) is 6.20 Å². The smallest absolute Gasteiger partial charge is 0.224 e. The highest BCUT2D eigenvalue weighted by atomic mass is 19.1. The Labute approximate surface area is 168 Å². The highest BCUT2D eigenvalue weighted by Gasteiger charge is 2.25. The van der Waals surface area contributed by atoms with E-state index in [1.807, 2.05) is 12.1 Å². The fourth-order valence-corrected chi connectivity index (χ4v) is 5.07. The Balaban J connectivity index is 2.11. The zero-order valence-electron chi connectivity index (χ0n) is 17.0. The largest absolute Gasteiger partial charge is 0.305 e. The Morgan fingerprint density at radius 1 is 0.931 bits per heavy atom. The van der Waals surface area contributed by atoms with Crippen LogP contribution in [0.4, 0.5) is 4.39 Å². The van der Waals surface area contributed by atoms with Crippen LogP contribution in [0.3, 0.4) is 0 Å². The minimum absolute atomic E-state index is 0.172. The maximum Gasteiger partial charge on any atom is 0.224 e. The van der Waals surface area contributed by atoms with E-state index in [9.17, 15) is 0 Å². The summed E-state index contributed by atoms with van der Waals surface area (Å²) in [7, 11) is 2.10. The van der Waals surface area contributed by atoms with E-state index in [0.29, 0.717) is 11.4 Å². The predicted octanol–water partition coefficient (Wildman–Crippen LogP) is 6.39. The second kappa shape index (κ2) is 5.44. The summed E-state index contributed by atoms with van der Waals surface area (Å²) in [5, 5.41) is 5.69. The van der Waals surface area contributed by atoms with Crippen molar-refractivity contribution in [2.75, 3.05) is 0 Å². The van der Waals surface area contributed by atoms with Gasteiger partial charge in [-0.15, -0.1) is 0 Å². The number of aryl methyl sites for hydroxylation is 2. The molecule has 0 aliphatic carbocycles. The number of halogens is 1. The Bertz CT molecular complexity index is 1600. The second-order valence-corrected chi connectivity index (χ2v) is 8.56. The lowest BCUT2D eigenvalue weighted by Gasteiger charge is -2.15. The molecule has 0 aliphatic rings. The first-order chi connectivity index (χ1) is 14.0. The van der Waals surface area contributed by atoms with Crippen molar-refractivity contribution in [1.82, 2.24) is 4.40 Å². The molecule has 0 aliphatic heterocycles. The zero-order valence-corrected chi connectivity index (χ0v) is 17.0. The van der Waals surface area contributed by atoms with Crippen molar-refractivity contribution >= 4 is 49.0 Å². The third kappa shape index (κ3) is 1.97. The summed E-state index contributed by atoms with van der Waals surface area (Å²) in [5.41, 5.74) is 6.57. The molecule has 0 radical (unpaired) electrons. The Morgan fingerprint density at radius 3 is 2.52 bits per heavy atom. The number of hydrogen-bond acceptors (Lipinski definition) is 0. The minimum atomic E-state index is -0.172. The summed E-state index contributed by atoms with van der Waals surface area (Å²) in [6, 6.07) is 16.4. The van der Waals surface area contributed by atoms with E-state index in [4.69, 9.17) is 0 Å². The van der Waals surface area contributed by atoms with Crippen molar-refractivity contribution in [3.05, 3.63) is 71.7 Å². The third-order valence-corrected chi connectivity index (χ3v) is 6.49. The molecule has 3 heteroatoms. The molecule has 142 valence electrons. The van der Waals surface area contributed by atoms with Gasteiger partial charge in [-0.3, -0.25) is 0 Å². The van der Waals surface area contributed by atoms with Gasteiger partial charge in [0.1, 0.15) is 12.9 Å². The molecule has 0 unspecified atom stereocenters. The number of fused-ring (bicyclic) bond motifs is 5. The summed E-state index contributed by atoms with van der Waals surface area (Å²) in [6.45, 7) is 6.57. The molecule has 0 N–H and O–H groups in total. The van der Waals surface area contributed by atoms with Crippen molar-refractivity contribution in [1.29, 1.82) is 0 Å². The molecule has 6 rings (SSSR count). The SMILES string of the molecule is Cc1ccc2c3cccc(F)c3n3c4cc(C(C)C)cc5cc[n+](C)c(c1c23)c54. The van der Waals surface area contributed by atoms with Gasteiger partial charge in [-0.1, -0.05) is 44.2 Å². The maximum atomic E-state index is 15.2. The molecular weight excluding hydrogens is 359 g/mol. The van der Waals surface area contributed by atoms with Crippen LogP contribution in [0.1, 0.15) is 30.9 Å². The van der Waals surface area contributed by atoms with Gasteiger partial charge in [0.05, 0.1) is 27.3 Å². The van der Waals surface area contributed by atoms with Gasteiger partial charge in [-0.25, -0.2) is 8.96 Å². The van der Waals surface area contributed by atoms with E-state index in [0.717, 1.165) is 21.8 Å². The van der Waals surface area contributed by atoms with Crippen LogP contribution in [0.15, 0.2) is 54.7 Å². The van der Waals surface area contributed by atoms with Crippen molar-refractivity contribution in [2.45, 2.75) is 26.7 Å². The monoisotopic (exact) mass is 381 g/mol. The van der Waals surface area contributed by atoms with E-state index in [2.05, 4.69) is 73.3 Å². The molecule has 29 heavy (non-hydrogen) atoms. The average molecular weight is 381 g/mol. The second-order valence-electron chi connectivity index (χ2n) is 8.56. The first-order valence-electron chi connectivity index (χ1n) is 10.2. The summed E-state index contributed by atoms with van der Waals surface area (Å²) in [5.74, 6) is 0.225. The lowest BCUT2D eigenvalue weighted by atomic mass is 9.95. The number of rotatable bonds is 1. The predicted molar refractivity (Wildman–Crippen MR) is 119 cm³/mol. The van der Waals surface area contributed by atoms with Crippen LogP contribution in [-0.2, 0) is 7.05 Å². The molecular formula is C26H22FN2+. The molecule has 2 nitrogen and oxygen atoms in total. The highest BCUT2D eigenvalue weighted by molar-refractivity contribution is 6.25. The van der Waals surface area contributed by atoms with Gasteiger partial charge in [0.2, 0.25) is 5.52 Å². The van der Waals surface area contributed by atoms with Gasteiger partial charge in [-0.2, -0.15) is 0 Å². The Morgan fingerprint density at radius 2 is 1.72 bits per heavy atom. The molecule has 3 aromatic carbocycles. The number of aromatic nitrogens is 2. The summed E-state index contributed by atoms with van der Waals surface area (Å²) < 4.78 is 19.6. The summed E-state index contributed by atoms with van der Waals surface area (Å²) in [4.78, 5) is 0. The molecule has 3 aromatic heterocycles. The van der Waals surface area contributed by atoms with Gasteiger partial charge in [0, 0.05) is 16.8 Å². The average Bonchev–Trinajstić information content (AvgIpc) is 3.04. The molecule has 0 spiro atoms. The molecule has 3 heterocycles. The molecule has 0 bridgehead atoms. The van der Waals surface area contributed by atoms with Crippen LogP contribution in [0.5, 0.6) is 0 Å². The fraction of sp³-hybridized carbons (Fsp3) is 0.192.